The minimum atomic E-state index is -1.39. The van der Waals surface area contributed by atoms with Crippen LogP contribution in [0.15, 0.2) is 42.5 Å². The van der Waals surface area contributed by atoms with Crippen LogP contribution < -0.4 is 14.2 Å². The van der Waals surface area contributed by atoms with E-state index in [2.05, 4.69) is 5.92 Å². The first-order valence-electron chi connectivity index (χ1n) is 10.6. The number of hydrogen-bond acceptors (Lipinski definition) is 6. The normalized spacial score (nSPS) is 21.4. The molecule has 8 nitrogen and oxygen atoms in total. The number of terminal acetylenes is 1. The first-order chi connectivity index (χ1) is 15.9. The fraction of sp³-hybridized carbons (Fsp3) is 0.360. The third-order valence-electron chi connectivity index (χ3n) is 6.39. The molecule has 1 N–H and O–H groups in total. The Morgan fingerprint density at radius 2 is 1.97 bits per heavy atom. The van der Waals surface area contributed by atoms with Crippen LogP contribution in [0.3, 0.4) is 0 Å². The Bertz CT molecular complexity index is 1090. The molecule has 4 rings (SSSR count). The highest BCUT2D eigenvalue weighted by Gasteiger charge is 2.53. The van der Waals surface area contributed by atoms with Crippen molar-refractivity contribution < 1.29 is 28.9 Å². The first-order valence-corrected chi connectivity index (χ1v) is 10.6. The number of ether oxygens (including phenoxy) is 3. The predicted octanol–water partition coefficient (Wildman–Crippen LogP) is 2.28. The van der Waals surface area contributed by atoms with Gasteiger partial charge in [0.05, 0.1) is 20.2 Å². The molecule has 2 atom stereocenters. The van der Waals surface area contributed by atoms with Gasteiger partial charge in [0.1, 0.15) is 11.3 Å². The van der Waals surface area contributed by atoms with Gasteiger partial charge in [-0.15, -0.1) is 6.42 Å². The number of carboxylic acid groups (broad SMARTS) is 1. The molecule has 0 spiro atoms. The number of hydrogen-bond donors (Lipinski definition) is 1. The predicted molar refractivity (Wildman–Crippen MR) is 120 cm³/mol. The van der Waals surface area contributed by atoms with Crippen molar-refractivity contribution in [2.24, 2.45) is 0 Å². The summed E-state index contributed by atoms with van der Waals surface area (Å²) in [6, 6.07) is 12.6. The topological polar surface area (TPSA) is 88.5 Å². The van der Waals surface area contributed by atoms with E-state index in [9.17, 15) is 14.7 Å². The average Bonchev–Trinajstić information content (AvgIpc) is 3.44. The van der Waals surface area contributed by atoms with Crippen molar-refractivity contribution in [3.05, 3.63) is 53.6 Å². The molecule has 1 saturated heterocycles. The zero-order valence-electron chi connectivity index (χ0n) is 18.6. The van der Waals surface area contributed by atoms with Crippen molar-refractivity contribution in [3.63, 3.8) is 0 Å². The molecule has 0 saturated carbocycles. The molecular formula is C25H26N2O6. The highest BCUT2D eigenvalue weighted by molar-refractivity contribution is 5.84. The van der Waals surface area contributed by atoms with E-state index in [1.807, 2.05) is 18.2 Å². The number of aliphatic carboxylic acids is 1. The van der Waals surface area contributed by atoms with Crippen molar-refractivity contribution in [1.29, 1.82) is 0 Å². The van der Waals surface area contributed by atoms with Crippen molar-refractivity contribution in [2.45, 2.75) is 17.9 Å². The Hall–Kier alpha value is -3.70. The minimum absolute atomic E-state index is 0.0719. The van der Waals surface area contributed by atoms with Crippen LogP contribution in [0.5, 0.6) is 17.2 Å². The second-order valence-electron chi connectivity index (χ2n) is 8.24. The Morgan fingerprint density at radius 3 is 2.64 bits per heavy atom. The van der Waals surface area contributed by atoms with E-state index >= 15 is 0 Å². The van der Waals surface area contributed by atoms with Crippen LogP contribution in [0.1, 0.15) is 23.5 Å². The lowest BCUT2D eigenvalue weighted by molar-refractivity contribution is -0.151. The molecule has 2 aliphatic heterocycles. The minimum Gasteiger partial charge on any atom is -0.497 e. The summed E-state index contributed by atoms with van der Waals surface area (Å²) in [7, 11) is 3.17. The van der Waals surface area contributed by atoms with E-state index in [0.29, 0.717) is 35.8 Å². The fourth-order valence-electron chi connectivity index (χ4n) is 4.58. The maximum absolute atomic E-state index is 12.9. The number of nitrogens with zero attached hydrogens (tertiary/aromatic N) is 2. The van der Waals surface area contributed by atoms with E-state index in [4.69, 9.17) is 20.6 Å². The average molecular weight is 450 g/mol. The monoisotopic (exact) mass is 450 g/mol. The van der Waals surface area contributed by atoms with Gasteiger partial charge >= 0.3 is 5.97 Å². The summed E-state index contributed by atoms with van der Waals surface area (Å²) in [6.45, 7) is 0.628. The van der Waals surface area contributed by atoms with Gasteiger partial charge in [-0.2, -0.15) is 0 Å². The number of carboxylic acids is 1. The van der Waals surface area contributed by atoms with Crippen LogP contribution in [0.25, 0.3) is 0 Å². The van der Waals surface area contributed by atoms with Crippen molar-refractivity contribution in [2.75, 3.05) is 40.6 Å². The van der Waals surface area contributed by atoms with Crippen LogP contribution in [0, 0.1) is 12.3 Å². The number of amides is 1. The Kier molecular flexibility index (Phi) is 6.16. The van der Waals surface area contributed by atoms with Crippen LogP contribution >= 0.6 is 0 Å². The van der Waals surface area contributed by atoms with Crippen LogP contribution in [0.4, 0.5) is 0 Å². The van der Waals surface area contributed by atoms with Crippen LogP contribution in [0.2, 0.25) is 0 Å². The van der Waals surface area contributed by atoms with E-state index in [-0.39, 0.29) is 31.7 Å². The smallest absolute Gasteiger partial charge is 0.328 e. The molecule has 2 heterocycles. The summed E-state index contributed by atoms with van der Waals surface area (Å²) in [5.41, 5.74) is 0.136. The Balaban J connectivity index is 1.73. The van der Waals surface area contributed by atoms with E-state index in [0.717, 1.165) is 5.56 Å². The Labute approximate surface area is 192 Å². The molecule has 2 aromatic rings. The number of methoxy groups -OCH3 is 1. The van der Waals surface area contributed by atoms with Gasteiger partial charge in [-0.25, -0.2) is 4.79 Å². The maximum atomic E-state index is 12.9. The maximum Gasteiger partial charge on any atom is 0.328 e. The number of likely N-dealkylation sites (tertiary alicyclic amines) is 1. The van der Waals surface area contributed by atoms with Gasteiger partial charge < -0.3 is 24.2 Å². The summed E-state index contributed by atoms with van der Waals surface area (Å²) >= 11 is 0. The van der Waals surface area contributed by atoms with E-state index < -0.39 is 11.5 Å². The molecular weight excluding hydrogens is 424 g/mol. The lowest BCUT2D eigenvalue weighted by Gasteiger charge is -2.35. The van der Waals surface area contributed by atoms with Gasteiger partial charge in [-0.1, -0.05) is 24.1 Å². The summed E-state index contributed by atoms with van der Waals surface area (Å²) in [6.07, 6.45) is 5.64. The van der Waals surface area contributed by atoms with Crippen molar-refractivity contribution in [3.8, 4) is 29.6 Å². The number of carbonyl (C=O) groups excluding carboxylic acids is 1. The van der Waals surface area contributed by atoms with Gasteiger partial charge in [0, 0.05) is 13.6 Å². The third-order valence-corrected chi connectivity index (χ3v) is 6.39. The summed E-state index contributed by atoms with van der Waals surface area (Å²) in [5, 5.41) is 10.5. The van der Waals surface area contributed by atoms with Gasteiger partial charge in [0.25, 0.3) is 0 Å². The third kappa shape index (κ3) is 4.08. The molecule has 0 radical (unpaired) electrons. The van der Waals surface area contributed by atoms with Gasteiger partial charge in [-0.05, 0) is 47.7 Å². The molecule has 8 heteroatoms. The summed E-state index contributed by atoms with van der Waals surface area (Å²) in [5.74, 6) is 3.00. The first kappa shape index (κ1) is 22.5. The number of benzene rings is 2. The fourth-order valence-corrected chi connectivity index (χ4v) is 4.58. The molecule has 0 aromatic heterocycles. The number of likely N-dealkylation sites (N-methyl/N-ethyl adjacent to an activating group) is 1. The van der Waals surface area contributed by atoms with Crippen molar-refractivity contribution >= 4 is 11.9 Å². The molecule has 33 heavy (non-hydrogen) atoms. The lowest BCUT2D eigenvalue weighted by atomic mass is 9.83. The number of rotatable bonds is 7. The standard InChI is InChI=1S/C25H26N2O6/c1-4-11-26(2)23(28)15-27-14-18(17-5-10-21-22(12-17)33-16-32-21)13-25(27,24(29)30)19-6-8-20(31-3)9-7-19/h1,5-10,12,18H,11,13-16H2,2-3H3,(H,29,30). The molecule has 0 aliphatic carbocycles. The van der Waals surface area contributed by atoms with Crippen LogP contribution in [-0.2, 0) is 15.1 Å². The molecule has 1 amide bonds. The van der Waals surface area contributed by atoms with E-state index in [1.165, 1.54) is 4.90 Å². The number of carbonyl (C=O) groups is 2. The van der Waals surface area contributed by atoms with E-state index in [1.54, 1.807) is 43.3 Å². The zero-order chi connectivity index (χ0) is 23.6. The summed E-state index contributed by atoms with van der Waals surface area (Å²) < 4.78 is 16.2. The second kappa shape index (κ2) is 9.04. The van der Waals surface area contributed by atoms with Gasteiger partial charge in [0.2, 0.25) is 12.7 Å². The lowest BCUT2D eigenvalue weighted by Crippen LogP contribution is -2.51. The number of fused-ring (bicyclic) bond motifs is 1. The van der Waals surface area contributed by atoms with Gasteiger partial charge in [0.15, 0.2) is 11.5 Å². The van der Waals surface area contributed by atoms with Crippen molar-refractivity contribution in [1.82, 2.24) is 9.80 Å². The molecule has 172 valence electrons. The summed E-state index contributed by atoms with van der Waals surface area (Å²) in [4.78, 5) is 28.9. The molecule has 2 aliphatic rings. The molecule has 2 aromatic carbocycles. The Morgan fingerprint density at radius 1 is 1.24 bits per heavy atom. The SMILES string of the molecule is C#CCN(C)C(=O)CN1CC(c2ccc3c(c2)OCO3)CC1(C(=O)O)c1ccc(OC)cc1. The highest BCUT2D eigenvalue weighted by atomic mass is 16.7. The molecule has 2 unspecified atom stereocenters. The van der Waals surface area contributed by atoms with Crippen LogP contribution in [-0.4, -0.2) is 67.4 Å². The molecule has 0 bridgehead atoms. The highest BCUT2D eigenvalue weighted by Crippen LogP contribution is 2.47. The quantitative estimate of drug-likeness (QED) is 0.648. The zero-order valence-corrected chi connectivity index (χ0v) is 18.6. The molecule has 1 fully saturated rings. The largest absolute Gasteiger partial charge is 0.497 e. The second-order valence-corrected chi connectivity index (χ2v) is 8.24. The van der Waals surface area contributed by atoms with Gasteiger partial charge in [-0.3, -0.25) is 9.69 Å².